The number of hydrogen-bond donors (Lipinski definition) is 1. The third-order valence-corrected chi connectivity index (χ3v) is 4.30. The highest BCUT2D eigenvalue weighted by Crippen LogP contribution is 2.24. The normalized spacial score (nSPS) is 10.7. The van der Waals surface area contributed by atoms with E-state index in [1.165, 1.54) is 11.3 Å². The van der Waals surface area contributed by atoms with Crippen LogP contribution in [-0.4, -0.2) is 25.7 Å². The average molecular weight is 351 g/mol. The Morgan fingerprint density at radius 2 is 2.24 bits per heavy atom. The molecule has 0 bridgehead atoms. The fourth-order valence-electron chi connectivity index (χ4n) is 2.27. The van der Waals surface area contributed by atoms with Crippen LogP contribution in [0.3, 0.4) is 0 Å². The maximum Gasteiger partial charge on any atom is 0.230 e. The summed E-state index contributed by atoms with van der Waals surface area (Å²) in [6.45, 7) is 0. The number of carbonyl (C=O) groups is 1. The fraction of sp³-hybridized carbons (Fsp3) is 0.0588. The summed E-state index contributed by atoms with van der Waals surface area (Å²) < 4.78 is 6.96. The smallest absolute Gasteiger partial charge is 0.230 e. The molecule has 4 aromatic rings. The predicted octanol–water partition coefficient (Wildman–Crippen LogP) is 3.17. The van der Waals surface area contributed by atoms with Crippen LogP contribution in [0, 0.1) is 0 Å². The lowest BCUT2D eigenvalue weighted by molar-refractivity contribution is -0.115. The van der Waals surface area contributed by atoms with Gasteiger partial charge in [-0.15, -0.1) is 11.3 Å². The minimum Gasteiger partial charge on any atom is -0.462 e. The van der Waals surface area contributed by atoms with E-state index in [0.717, 1.165) is 5.01 Å². The Morgan fingerprint density at radius 1 is 1.28 bits per heavy atom. The van der Waals surface area contributed by atoms with Crippen LogP contribution in [-0.2, 0) is 11.2 Å². The van der Waals surface area contributed by atoms with Gasteiger partial charge in [-0.05, 0) is 30.3 Å². The van der Waals surface area contributed by atoms with Gasteiger partial charge in [0.25, 0.3) is 0 Å². The van der Waals surface area contributed by atoms with Crippen LogP contribution in [0.4, 0.5) is 5.69 Å². The van der Waals surface area contributed by atoms with E-state index in [-0.39, 0.29) is 12.3 Å². The molecule has 0 aromatic carbocycles. The summed E-state index contributed by atoms with van der Waals surface area (Å²) in [5, 5.41) is 9.55. The third kappa shape index (κ3) is 3.48. The first-order valence-corrected chi connectivity index (χ1v) is 8.40. The SMILES string of the molecule is O=C(Cc1csc(-c2ccco2)n1)Nc1ccc(-n2cccn2)nc1. The largest absolute Gasteiger partial charge is 0.462 e. The van der Waals surface area contributed by atoms with Crippen molar-refractivity contribution in [2.75, 3.05) is 5.32 Å². The summed E-state index contributed by atoms with van der Waals surface area (Å²) >= 11 is 1.45. The van der Waals surface area contributed by atoms with Gasteiger partial charge in [-0.2, -0.15) is 5.10 Å². The number of hydrogen-bond acceptors (Lipinski definition) is 6. The van der Waals surface area contributed by atoms with Gasteiger partial charge in [0.05, 0.1) is 30.3 Å². The number of rotatable bonds is 5. The Labute approximate surface area is 147 Å². The maximum absolute atomic E-state index is 12.2. The molecule has 4 aromatic heterocycles. The Hall–Kier alpha value is -3.26. The van der Waals surface area contributed by atoms with Crippen molar-refractivity contribution in [3.05, 3.63) is 66.3 Å². The molecule has 1 N–H and O–H groups in total. The van der Waals surface area contributed by atoms with Crippen molar-refractivity contribution in [3.63, 3.8) is 0 Å². The van der Waals surface area contributed by atoms with Gasteiger partial charge < -0.3 is 9.73 Å². The van der Waals surface area contributed by atoms with Gasteiger partial charge in [-0.3, -0.25) is 4.79 Å². The molecule has 0 spiro atoms. The molecule has 0 radical (unpaired) electrons. The van der Waals surface area contributed by atoms with E-state index in [1.807, 2.05) is 23.6 Å². The average Bonchev–Trinajstić information content (AvgIpc) is 3.37. The molecule has 0 unspecified atom stereocenters. The lowest BCUT2D eigenvalue weighted by atomic mass is 10.3. The van der Waals surface area contributed by atoms with Crippen molar-refractivity contribution in [1.82, 2.24) is 19.7 Å². The minimum atomic E-state index is -0.148. The summed E-state index contributed by atoms with van der Waals surface area (Å²) in [7, 11) is 0. The highest BCUT2D eigenvalue weighted by molar-refractivity contribution is 7.13. The molecular weight excluding hydrogens is 338 g/mol. The van der Waals surface area contributed by atoms with E-state index in [0.29, 0.717) is 23.0 Å². The monoisotopic (exact) mass is 351 g/mol. The Kier molecular flexibility index (Phi) is 4.09. The molecule has 0 aliphatic rings. The second-order valence-electron chi connectivity index (χ2n) is 5.20. The van der Waals surface area contributed by atoms with Gasteiger partial charge in [0, 0.05) is 17.8 Å². The molecule has 0 saturated heterocycles. The van der Waals surface area contributed by atoms with Crippen LogP contribution in [0.15, 0.2) is 65.0 Å². The number of amides is 1. The van der Waals surface area contributed by atoms with E-state index in [4.69, 9.17) is 4.42 Å². The Balaban J connectivity index is 1.39. The van der Waals surface area contributed by atoms with E-state index in [9.17, 15) is 4.79 Å². The molecule has 4 heterocycles. The Bertz CT molecular complexity index is 959. The highest BCUT2D eigenvalue weighted by atomic mass is 32.1. The summed E-state index contributed by atoms with van der Waals surface area (Å²) in [4.78, 5) is 20.9. The first-order valence-electron chi connectivity index (χ1n) is 7.52. The summed E-state index contributed by atoms with van der Waals surface area (Å²) in [5.74, 6) is 1.24. The topological polar surface area (TPSA) is 85.8 Å². The third-order valence-electron chi connectivity index (χ3n) is 3.40. The molecule has 1 amide bonds. The van der Waals surface area contributed by atoms with Crippen molar-refractivity contribution in [3.8, 4) is 16.6 Å². The molecule has 0 fully saturated rings. The van der Waals surface area contributed by atoms with Gasteiger partial charge in [-0.25, -0.2) is 14.6 Å². The molecule has 0 atom stereocenters. The predicted molar refractivity (Wildman–Crippen MR) is 93.5 cm³/mol. The van der Waals surface area contributed by atoms with Gasteiger partial charge >= 0.3 is 0 Å². The molecule has 0 aliphatic heterocycles. The molecule has 124 valence electrons. The molecular formula is C17H13N5O2S. The van der Waals surface area contributed by atoms with Crippen LogP contribution < -0.4 is 5.32 Å². The van der Waals surface area contributed by atoms with Crippen LogP contribution in [0.5, 0.6) is 0 Å². The van der Waals surface area contributed by atoms with Crippen molar-refractivity contribution in [1.29, 1.82) is 0 Å². The zero-order valence-corrected chi connectivity index (χ0v) is 13.8. The lowest BCUT2D eigenvalue weighted by Crippen LogP contribution is -2.15. The van der Waals surface area contributed by atoms with Crippen LogP contribution in [0.1, 0.15) is 5.69 Å². The number of pyridine rings is 1. The van der Waals surface area contributed by atoms with Crippen LogP contribution in [0.25, 0.3) is 16.6 Å². The number of aromatic nitrogens is 4. The fourth-order valence-corrected chi connectivity index (χ4v) is 3.06. The molecule has 4 rings (SSSR count). The zero-order chi connectivity index (χ0) is 17.1. The number of thiazole rings is 1. The zero-order valence-electron chi connectivity index (χ0n) is 13.0. The highest BCUT2D eigenvalue weighted by Gasteiger charge is 2.11. The first-order chi connectivity index (χ1) is 12.3. The quantitative estimate of drug-likeness (QED) is 0.597. The number of furan rings is 1. The molecule has 0 aliphatic carbocycles. The van der Waals surface area contributed by atoms with Crippen molar-refractivity contribution >= 4 is 22.9 Å². The number of anilines is 1. The molecule has 7 nitrogen and oxygen atoms in total. The number of nitrogens with zero attached hydrogens (tertiary/aromatic N) is 4. The summed E-state index contributed by atoms with van der Waals surface area (Å²) in [6, 6.07) is 9.05. The summed E-state index contributed by atoms with van der Waals surface area (Å²) in [6.07, 6.45) is 6.88. The standard InChI is InChI=1S/C17H13N5O2S/c23-16(9-13-11-25-17(21-13)14-3-1-8-24-14)20-12-4-5-15(18-10-12)22-7-2-6-19-22/h1-8,10-11H,9H2,(H,20,23). The first kappa shape index (κ1) is 15.3. The maximum atomic E-state index is 12.2. The van der Waals surface area contributed by atoms with Crippen molar-refractivity contribution in [2.24, 2.45) is 0 Å². The molecule has 8 heteroatoms. The molecule has 25 heavy (non-hydrogen) atoms. The minimum absolute atomic E-state index is 0.148. The number of nitrogens with one attached hydrogen (secondary N) is 1. The summed E-state index contributed by atoms with van der Waals surface area (Å²) in [5.41, 5.74) is 1.33. The second kappa shape index (κ2) is 6.70. The van der Waals surface area contributed by atoms with Crippen molar-refractivity contribution in [2.45, 2.75) is 6.42 Å². The second-order valence-corrected chi connectivity index (χ2v) is 6.06. The van der Waals surface area contributed by atoms with Gasteiger partial charge in [-0.1, -0.05) is 0 Å². The van der Waals surface area contributed by atoms with Crippen LogP contribution in [0.2, 0.25) is 0 Å². The van der Waals surface area contributed by atoms with E-state index in [2.05, 4.69) is 20.4 Å². The van der Waals surface area contributed by atoms with E-state index < -0.39 is 0 Å². The van der Waals surface area contributed by atoms with Crippen LogP contribution >= 0.6 is 11.3 Å². The van der Waals surface area contributed by atoms with E-state index in [1.54, 1.807) is 41.7 Å². The lowest BCUT2D eigenvalue weighted by Gasteiger charge is -2.05. The van der Waals surface area contributed by atoms with Gasteiger partial charge in [0.2, 0.25) is 5.91 Å². The number of carbonyl (C=O) groups excluding carboxylic acids is 1. The molecule has 0 saturated carbocycles. The van der Waals surface area contributed by atoms with Crippen molar-refractivity contribution < 1.29 is 9.21 Å². The van der Waals surface area contributed by atoms with Gasteiger partial charge in [0.15, 0.2) is 16.6 Å². The Morgan fingerprint density at radius 3 is 2.96 bits per heavy atom. The van der Waals surface area contributed by atoms with Gasteiger partial charge in [0.1, 0.15) is 0 Å². The van der Waals surface area contributed by atoms with E-state index >= 15 is 0 Å².